The van der Waals surface area contributed by atoms with Gasteiger partial charge in [-0.15, -0.1) is 0 Å². The van der Waals surface area contributed by atoms with Crippen LogP contribution >= 0.6 is 0 Å². The summed E-state index contributed by atoms with van der Waals surface area (Å²) in [5.74, 6) is 0.0867. The van der Waals surface area contributed by atoms with Crippen LogP contribution in [0, 0.1) is 0 Å². The molecular weight excluding hydrogens is 290 g/mol. The molecule has 0 fully saturated rings. The van der Waals surface area contributed by atoms with Crippen molar-refractivity contribution in [3.05, 3.63) is 63.8 Å². The molecule has 0 aliphatic carbocycles. The van der Waals surface area contributed by atoms with Gasteiger partial charge in [0.25, 0.3) is 5.56 Å². The maximum absolute atomic E-state index is 12.5. The lowest BCUT2D eigenvalue weighted by Crippen LogP contribution is -2.37. The van der Waals surface area contributed by atoms with Crippen LogP contribution in [0.15, 0.2) is 41.5 Å². The topological polar surface area (TPSA) is 55.2 Å². The first kappa shape index (κ1) is 15.6. The van der Waals surface area contributed by atoms with E-state index in [1.54, 1.807) is 17.8 Å². The number of aromatic nitrogens is 2. The molecule has 2 heterocycles. The van der Waals surface area contributed by atoms with E-state index in [9.17, 15) is 9.59 Å². The van der Waals surface area contributed by atoms with Crippen LogP contribution in [0.1, 0.15) is 30.2 Å². The lowest BCUT2D eigenvalue weighted by molar-refractivity contribution is -0.117. The van der Waals surface area contributed by atoms with Crippen LogP contribution in [-0.4, -0.2) is 26.8 Å². The highest BCUT2D eigenvalue weighted by molar-refractivity contribution is 5.75. The Labute approximate surface area is 135 Å². The van der Waals surface area contributed by atoms with E-state index < -0.39 is 0 Å². The van der Waals surface area contributed by atoms with Gasteiger partial charge in [0.2, 0.25) is 0 Å². The molecule has 3 rings (SSSR count). The molecule has 1 aromatic heterocycles. The summed E-state index contributed by atoms with van der Waals surface area (Å²) in [6.07, 6.45) is 2.67. The number of Topliss-reactive ketones (excluding diaryl/α,β-unsaturated/α-hetero) is 1. The monoisotopic (exact) mass is 311 g/mol. The van der Waals surface area contributed by atoms with Gasteiger partial charge in [-0.1, -0.05) is 30.3 Å². The van der Waals surface area contributed by atoms with Crippen LogP contribution in [0.3, 0.4) is 0 Å². The summed E-state index contributed by atoms with van der Waals surface area (Å²) in [7, 11) is 0. The van der Waals surface area contributed by atoms with Gasteiger partial charge in [-0.3, -0.25) is 19.1 Å². The van der Waals surface area contributed by atoms with Crippen LogP contribution < -0.4 is 5.56 Å². The van der Waals surface area contributed by atoms with Gasteiger partial charge < -0.3 is 0 Å². The number of nitrogens with zero attached hydrogens (tertiary/aromatic N) is 3. The van der Waals surface area contributed by atoms with Crippen molar-refractivity contribution >= 4 is 5.78 Å². The third kappa shape index (κ3) is 3.74. The van der Waals surface area contributed by atoms with Crippen molar-refractivity contribution in [3.63, 3.8) is 0 Å². The molecule has 0 amide bonds. The van der Waals surface area contributed by atoms with Crippen molar-refractivity contribution in [1.29, 1.82) is 0 Å². The van der Waals surface area contributed by atoms with E-state index in [1.165, 1.54) is 5.56 Å². The van der Waals surface area contributed by atoms with E-state index in [1.807, 2.05) is 18.2 Å². The molecule has 0 spiro atoms. The molecule has 0 N–H and O–H groups in total. The minimum Gasteiger partial charge on any atom is -0.300 e. The smallest absolute Gasteiger partial charge is 0.256 e. The third-order valence-corrected chi connectivity index (χ3v) is 4.23. The number of hydrogen-bond acceptors (Lipinski definition) is 4. The zero-order valence-corrected chi connectivity index (χ0v) is 13.4. The highest BCUT2D eigenvalue weighted by Crippen LogP contribution is 2.16. The predicted octanol–water partition coefficient (Wildman–Crippen LogP) is 1.78. The quantitative estimate of drug-likeness (QED) is 0.844. The molecule has 1 aliphatic heterocycles. The normalized spacial score (nSPS) is 14.5. The molecule has 0 radical (unpaired) electrons. The summed E-state index contributed by atoms with van der Waals surface area (Å²) >= 11 is 0. The first-order valence-corrected chi connectivity index (χ1v) is 7.96. The Balaban J connectivity index is 1.73. The lowest BCUT2D eigenvalue weighted by Gasteiger charge is -2.27. The van der Waals surface area contributed by atoms with Crippen molar-refractivity contribution in [2.24, 2.45) is 0 Å². The summed E-state index contributed by atoms with van der Waals surface area (Å²) < 4.78 is 1.56. The van der Waals surface area contributed by atoms with E-state index in [0.29, 0.717) is 19.5 Å². The first-order chi connectivity index (χ1) is 11.1. The SMILES string of the molecule is CC(=O)CCn1cnc2c(c1=O)CCN(Cc1ccccc1)C2. The molecule has 1 aromatic carbocycles. The molecule has 0 saturated heterocycles. The average Bonchev–Trinajstić information content (AvgIpc) is 2.55. The van der Waals surface area contributed by atoms with Crippen LogP contribution in [0.2, 0.25) is 0 Å². The highest BCUT2D eigenvalue weighted by atomic mass is 16.1. The fraction of sp³-hybridized carbons (Fsp3) is 0.389. The van der Waals surface area contributed by atoms with Gasteiger partial charge in [0.05, 0.1) is 12.0 Å². The van der Waals surface area contributed by atoms with Crippen LogP contribution in [-0.2, 0) is 30.8 Å². The summed E-state index contributed by atoms with van der Waals surface area (Å²) in [6, 6.07) is 10.3. The first-order valence-electron chi connectivity index (χ1n) is 7.96. The van der Waals surface area contributed by atoms with Gasteiger partial charge in [0.15, 0.2) is 0 Å². The van der Waals surface area contributed by atoms with Gasteiger partial charge in [-0.2, -0.15) is 0 Å². The molecular formula is C18H21N3O2. The fourth-order valence-corrected chi connectivity index (χ4v) is 2.93. The largest absolute Gasteiger partial charge is 0.300 e. The minimum atomic E-state index is 0.00983. The number of aryl methyl sites for hydroxylation is 1. The molecule has 0 unspecified atom stereocenters. The Hall–Kier alpha value is -2.27. The maximum atomic E-state index is 12.5. The fourth-order valence-electron chi connectivity index (χ4n) is 2.93. The number of hydrogen-bond donors (Lipinski definition) is 0. The Morgan fingerprint density at radius 1 is 1.26 bits per heavy atom. The molecule has 0 saturated carbocycles. The molecule has 120 valence electrons. The van der Waals surface area contributed by atoms with E-state index in [4.69, 9.17) is 0 Å². The predicted molar refractivity (Wildman–Crippen MR) is 88.1 cm³/mol. The van der Waals surface area contributed by atoms with E-state index in [0.717, 1.165) is 30.8 Å². The molecule has 5 heteroatoms. The van der Waals surface area contributed by atoms with Gasteiger partial charge in [0.1, 0.15) is 5.78 Å². The van der Waals surface area contributed by atoms with Gasteiger partial charge in [-0.05, 0) is 18.9 Å². The zero-order chi connectivity index (χ0) is 16.2. The third-order valence-electron chi connectivity index (χ3n) is 4.23. The molecule has 1 aliphatic rings. The molecule has 23 heavy (non-hydrogen) atoms. The Morgan fingerprint density at radius 3 is 2.78 bits per heavy atom. The van der Waals surface area contributed by atoms with Crippen molar-refractivity contribution in [3.8, 4) is 0 Å². The summed E-state index contributed by atoms with van der Waals surface area (Å²) in [5, 5.41) is 0. The van der Waals surface area contributed by atoms with Crippen molar-refractivity contribution in [1.82, 2.24) is 14.5 Å². The second-order valence-electron chi connectivity index (χ2n) is 6.07. The van der Waals surface area contributed by atoms with Crippen LogP contribution in [0.5, 0.6) is 0 Å². The lowest BCUT2D eigenvalue weighted by atomic mass is 10.1. The molecule has 5 nitrogen and oxygen atoms in total. The number of rotatable bonds is 5. The second-order valence-corrected chi connectivity index (χ2v) is 6.07. The van der Waals surface area contributed by atoms with Crippen molar-refractivity contribution < 1.29 is 4.79 Å². The zero-order valence-electron chi connectivity index (χ0n) is 13.4. The number of benzene rings is 1. The molecule has 0 bridgehead atoms. The van der Waals surface area contributed by atoms with Crippen molar-refractivity contribution in [2.45, 2.75) is 39.4 Å². The highest BCUT2D eigenvalue weighted by Gasteiger charge is 2.21. The number of ketones is 1. The number of carbonyl (C=O) groups excluding carboxylic acids is 1. The number of carbonyl (C=O) groups is 1. The maximum Gasteiger partial charge on any atom is 0.256 e. The summed E-state index contributed by atoms with van der Waals surface area (Å²) in [4.78, 5) is 30.3. The van der Waals surface area contributed by atoms with Crippen LogP contribution in [0.4, 0.5) is 0 Å². The van der Waals surface area contributed by atoms with Gasteiger partial charge in [0, 0.05) is 38.2 Å². The van der Waals surface area contributed by atoms with Crippen LogP contribution in [0.25, 0.3) is 0 Å². The Bertz CT molecular complexity index is 753. The molecule has 0 atom stereocenters. The second kappa shape index (κ2) is 6.87. The Kier molecular flexibility index (Phi) is 4.67. The standard InChI is InChI=1S/C18H21N3O2/c1-14(22)7-10-21-13-19-17-12-20(9-8-16(17)18(21)23)11-15-5-3-2-4-6-15/h2-6,13H,7-12H2,1H3. The summed E-state index contributed by atoms with van der Waals surface area (Å²) in [5.41, 5.74) is 2.96. The number of fused-ring (bicyclic) bond motifs is 1. The summed E-state index contributed by atoms with van der Waals surface area (Å²) in [6.45, 7) is 4.39. The minimum absolute atomic E-state index is 0.00983. The average molecular weight is 311 g/mol. The van der Waals surface area contributed by atoms with E-state index >= 15 is 0 Å². The van der Waals surface area contributed by atoms with Gasteiger partial charge in [-0.25, -0.2) is 4.98 Å². The van der Waals surface area contributed by atoms with Crippen molar-refractivity contribution in [2.75, 3.05) is 6.54 Å². The van der Waals surface area contributed by atoms with E-state index in [-0.39, 0.29) is 11.3 Å². The Morgan fingerprint density at radius 2 is 2.04 bits per heavy atom. The van der Waals surface area contributed by atoms with E-state index in [2.05, 4.69) is 22.0 Å². The van der Waals surface area contributed by atoms with Gasteiger partial charge >= 0.3 is 0 Å². The molecule has 2 aromatic rings.